The second-order valence-electron chi connectivity index (χ2n) is 7.61. The van der Waals surface area contributed by atoms with Crippen molar-refractivity contribution in [1.82, 2.24) is 9.55 Å². The zero-order valence-corrected chi connectivity index (χ0v) is 17.0. The third kappa shape index (κ3) is 3.92. The van der Waals surface area contributed by atoms with Crippen LogP contribution >= 0.6 is 0 Å². The largest absolute Gasteiger partial charge is 0.432 e. The van der Waals surface area contributed by atoms with Gasteiger partial charge in [0.15, 0.2) is 11.6 Å². The molecule has 4 rings (SSSR count). The number of halogens is 3. The van der Waals surface area contributed by atoms with Gasteiger partial charge in [-0.2, -0.15) is 8.78 Å². The van der Waals surface area contributed by atoms with Gasteiger partial charge in [0.25, 0.3) is 5.91 Å². The fourth-order valence-electron chi connectivity index (χ4n) is 4.43. The predicted octanol–water partition coefficient (Wildman–Crippen LogP) is 5.09. The van der Waals surface area contributed by atoms with Gasteiger partial charge < -0.3 is 20.4 Å². The molecule has 0 aliphatic heterocycles. The summed E-state index contributed by atoms with van der Waals surface area (Å²) in [5, 5.41) is 3.20. The lowest BCUT2D eigenvalue weighted by Gasteiger charge is -2.27. The maximum atomic E-state index is 14.6. The van der Waals surface area contributed by atoms with Gasteiger partial charge in [0.2, 0.25) is 0 Å². The maximum absolute atomic E-state index is 14.6. The molecule has 2 aromatic heterocycles. The summed E-state index contributed by atoms with van der Waals surface area (Å²) in [5.41, 5.74) is 7.45. The molecule has 1 aliphatic carbocycles. The van der Waals surface area contributed by atoms with Crippen LogP contribution in [0.4, 0.5) is 19.0 Å². The average molecular weight is 432 g/mol. The van der Waals surface area contributed by atoms with Crippen LogP contribution in [0.5, 0.6) is 5.75 Å². The van der Waals surface area contributed by atoms with Crippen LogP contribution in [0.2, 0.25) is 0 Å². The molecule has 1 amide bonds. The van der Waals surface area contributed by atoms with Crippen LogP contribution in [0, 0.1) is 5.82 Å². The Morgan fingerprint density at radius 3 is 2.58 bits per heavy atom. The number of anilines is 1. The van der Waals surface area contributed by atoms with E-state index in [1.165, 1.54) is 6.07 Å². The van der Waals surface area contributed by atoms with Gasteiger partial charge in [-0.15, -0.1) is 0 Å². The molecule has 0 bridgehead atoms. The molecule has 3 aromatic rings. The van der Waals surface area contributed by atoms with Gasteiger partial charge in [-0.05, 0) is 31.0 Å². The highest BCUT2D eigenvalue weighted by Gasteiger charge is 2.29. The van der Waals surface area contributed by atoms with E-state index < -0.39 is 24.1 Å². The molecular formula is C22H23F3N4O2. The van der Waals surface area contributed by atoms with Crippen molar-refractivity contribution in [3.05, 3.63) is 41.8 Å². The molecule has 1 aromatic carbocycles. The fourth-order valence-corrected chi connectivity index (χ4v) is 4.43. The van der Waals surface area contributed by atoms with Crippen LogP contribution in [-0.2, 0) is 0 Å². The summed E-state index contributed by atoms with van der Waals surface area (Å²) in [4.78, 5) is 16.8. The minimum absolute atomic E-state index is 0.00758. The molecule has 31 heavy (non-hydrogen) atoms. The average Bonchev–Trinajstić information content (AvgIpc) is 3.08. The summed E-state index contributed by atoms with van der Waals surface area (Å²) in [5.74, 6) is -1.63. The number of carbonyl (C=O) groups is 1. The molecular weight excluding hydrogens is 409 g/mol. The number of hydrogen-bond donors (Lipinski definition) is 2. The molecule has 1 aliphatic rings. The number of rotatable bonds is 6. The number of aromatic nitrogens is 2. The lowest BCUT2D eigenvalue weighted by Crippen LogP contribution is -2.16. The fraction of sp³-hybridized carbons (Fsp3) is 0.364. The predicted molar refractivity (Wildman–Crippen MR) is 112 cm³/mol. The second kappa shape index (κ2) is 8.49. The molecule has 0 unspecified atom stereocenters. The zero-order valence-electron chi connectivity index (χ0n) is 17.0. The van der Waals surface area contributed by atoms with E-state index >= 15 is 0 Å². The van der Waals surface area contributed by atoms with Crippen molar-refractivity contribution in [3.63, 3.8) is 0 Å². The van der Waals surface area contributed by atoms with Crippen LogP contribution in [0.15, 0.2) is 30.5 Å². The monoisotopic (exact) mass is 432 g/mol. The lowest BCUT2D eigenvalue weighted by molar-refractivity contribution is -0.0521. The number of primary amides is 1. The van der Waals surface area contributed by atoms with E-state index in [4.69, 9.17) is 5.73 Å². The Morgan fingerprint density at radius 2 is 2.00 bits per heavy atom. The van der Waals surface area contributed by atoms with Gasteiger partial charge in [0, 0.05) is 36.3 Å². The topological polar surface area (TPSA) is 82.2 Å². The van der Waals surface area contributed by atoms with E-state index in [0.29, 0.717) is 22.6 Å². The first kappa shape index (κ1) is 21.0. The molecule has 9 heteroatoms. The van der Waals surface area contributed by atoms with Crippen LogP contribution < -0.4 is 15.8 Å². The molecule has 0 atom stereocenters. The molecule has 1 saturated carbocycles. The van der Waals surface area contributed by atoms with Crippen LogP contribution in [0.3, 0.4) is 0 Å². The molecule has 2 heterocycles. The Morgan fingerprint density at radius 1 is 1.26 bits per heavy atom. The third-order valence-corrected chi connectivity index (χ3v) is 5.75. The van der Waals surface area contributed by atoms with E-state index in [0.717, 1.165) is 38.2 Å². The van der Waals surface area contributed by atoms with E-state index in [9.17, 15) is 18.0 Å². The van der Waals surface area contributed by atoms with Gasteiger partial charge in [-0.1, -0.05) is 19.3 Å². The number of benzene rings is 1. The summed E-state index contributed by atoms with van der Waals surface area (Å²) < 4.78 is 46.5. The molecule has 0 radical (unpaired) electrons. The molecule has 3 N–H and O–H groups in total. The SMILES string of the molecule is CNc1ccc(-c2c(C(N)=O)c3cc(F)c(OC(F)F)cc3n2C2CCCCC2)cn1. The molecule has 0 spiro atoms. The summed E-state index contributed by atoms with van der Waals surface area (Å²) in [6.45, 7) is -3.17. The van der Waals surface area contributed by atoms with Crippen molar-refractivity contribution in [1.29, 1.82) is 0 Å². The smallest absolute Gasteiger partial charge is 0.387 e. The summed E-state index contributed by atoms with van der Waals surface area (Å²) in [6.07, 6.45) is 6.39. The number of carbonyl (C=O) groups excluding carboxylic acids is 1. The number of pyridine rings is 1. The number of nitrogens with zero attached hydrogens (tertiary/aromatic N) is 2. The van der Waals surface area contributed by atoms with Crippen molar-refractivity contribution in [2.24, 2.45) is 5.73 Å². The summed E-state index contributed by atoms with van der Waals surface area (Å²) >= 11 is 0. The first-order valence-corrected chi connectivity index (χ1v) is 10.2. The number of amides is 1. The van der Waals surface area contributed by atoms with Gasteiger partial charge in [0.1, 0.15) is 5.82 Å². The molecule has 164 valence electrons. The quantitative estimate of drug-likeness (QED) is 0.569. The van der Waals surface area contributed by atoms with Crippen molar-refractivity contribution in [3.8, 4) is 17.0 Å². The molecule has 6 nitrogen and oxygen atoms in total. The third-order valence-electron chi connectivity index (χ3n) is 5.75. The van der Waals surface area contributed by atoms with Gasteiger partial charge in [0.05, 0.1) is 16.8 Å². The number of alkyl halides is 2. The van der Waals surface area contributed by atoms with Crippen molar-refractivity contribution in [2.75, 3.05) is 12.4 Å². The Bertz CT molecular complexity index is 1110. The number of hydrogen-bond acceptors (Lipinski definition) is 4. The first-order chi connectivity index (χ1) is 14.9. The Labute approximate surface area is 177 Å². The van der Waals surface area contributed by atoms with Crippen LogP contribution in [0.25, 0.3) is 22.2 Å². The first-order valence-electron chi connectivity index (χ1n) is 10.2. The van der Waals surface area contributed by atoms with Crippen molar-refractivity contribution in [2.45, 2.75) is 44.8 Å². The lowest BCUT2D eigenvalue weighted by atomic mass is 9.94. The summed E-state index contributed by atoms with van der Waals surface area (Å²) in [7, 11) is 1.74. The maximum Gasteiger partial charge on any atom is 0.387 e. The Balaban J connectivity index is 2.04. The van der Waals surface area contributed by atoms with Crippen molar-refractivity contribution >= 4 is 22.6 Å². The number of ether oxygens (including phenoxy) is 1. The minimum Gasteiger partial charge on any atom is -0.432 e. The van der Waals surface area contributed by atoms with Gasteiger partial charge >= 0.3 is 6.61 Å². The van der Waals surface area contributed by atoms with Crippen LogP contribution in [-0.4, -0.2) is 29.1 Å². The van der Waals surface area contributed by atoms with E-state index in [1.54, 1.807) is 25.4 Å². The number of nitrogens with one attached hydrogen (secondary N) is 1. The van der Waals surface area contributed by atoms with Gasteiger partial charge in [-0.25, -0.2) is 9.37 Å². The standard InChI is InChI=1S/C22H23F3N4O2/c1-27-18-8-7-12(11-28-18)20-19(21(26)30)14-9-15(23)17(31-22(24)25)10-16(14)29(20)13-5-3-2-4-6-13/h7-11,13,22H,2-6H2,1H3,(H2,26,30)(H,27,28). The molecule has 1 fully saturated rings. The van der Waals surface area contributed by atoms with E-state index in [2.05, 4.69) is 15.0 Å². The highest BCUT2D eigenvalue weighted by Crippen LogP contribution is 2.42. The Kier molecular flexibility index (Phi) is 5.75. The highest BCUT2D eigenvalue weighted by molar-refractivity contribution is 6.12. The van der Waals surface area contributed by atoms with Crippen molar-refractivity contribution < 1.29 is 22.7 Å². The number of nitrogens with two attached hydrogens (primary N) is 1. The molecule has 0 saturated heterocycles. The summed E-state index contributed by atoms with van der Waals surface area (Å²) in [6, 6.07) is 5.84. The van der Waals surface area contributed by atoms with Crippen LogP contribution in [0.1, 0.15) is 48.5 Å². The second-order valence-corrected chi connectivity index (χ2v) is 7.61. The van der Waals surface area contributed by atoms with E-state index in [1.807, 2.05) is 4.57 Å². The normalized spacial score (nSPS) is 14.9. The minimum atomic E-state index is -3.17. The Hall–Kier alpha value is -3.23. The van der Waals surface area contributed by atoms with Gasteiger partial charge in [-0.3, -0.25) is 4.79 Å². The van der Waals surface area contributed by atoms with E-state index in [-0.39, 0.29) is 17.0 Å². The zero-order chi connectivity index (χ0) is 22.1. The highest BCUT2D eigenvalue weighted by atomic mass is 19.3. The number of fused-ring (bicyclic) bond motifs is 1.